The number of halogens is 1. The van der Waals surface area contributed by atoms with Crippen LogP contribution in [-0.4, -0.2) is 26.3 Å². The summed E-state index contributed by atoms with van der Waals surface area (Å²) >= 11 is 5.79. The van der Waals surface area contributed by atoms with Gasteiger partial charge >= 0.3 is 0 Å². The predicted octanol–water partition coefficient (Wildman–Crippen LogP) is 1.43. The molecule has 0 aromatic carbocycles. The van der Waals surface area contributed by atoms with E-state index in [1.165, 1.54) is 0 Å². The molecule has 0 atom stereocenters. The van der Waals surface area contributed by atoms with Crippen LogP contribution in [0.15, 0.2) is 24.7 Å². The van der Waals surface area contributed by atoms with Crippen molar-refractivity contribution in [2.24, 2.45) is 0 Å². The Kier molecular flexibility index (Phi) is 2.68. The molecule has 0 aliphatic carbocycles. The first-order valence-electron chi connectivity index (χ1n) is 5.49. The minimum atomic E-state index is 0.442. The van der Waals surface area contributed by atoms with Crippen LogP contribution < -0.4 is 4.90 Å². The van der Waals surface area contributed by atoms with Crippen LogP contribution in [0, 0.1) is 0 Å². The number of rotatable bonds is 2. The summed E-state index contributed by atoms with van der Waals surface area (Å²) in [5.41, 5.74) is 2.04. The van der Waals surface area contributed by atoms with Gasteiger partial charge in [-0.2, -0.15) is 0 Å². The van der Waals surface area contributed by atoms with Crippen molar-refractivity contribution in [3.05, 3.63) is 36.2 Å². The lowest BCUT2D eigenvalue weighted by Gasteiger charge is -2.29. The van der Waals surface area contributed by atoms with E-state index in [1.807, 2.05) is 12.1 Å². The smallest absolute Gasteiger partial charge is 0.152 e. The van der Waals surface area contributed by atoms with Crippen molar-refractivity contribution in [3.8, 4) is 0 Å². The van der Waals surface area contributed by atoms with E-state index in [0.29, 0.717) is 5.88 Å². The SMILES string of the molecule is ClCc1cc(N2CCn3cnnc3C2)ccn1. The monoisotopic (exact) mass is 249 g/mol. The molecule has 0 radical (unpaired) electrons. The molecule has 1 aliphatic heterocycles. The number of pyridine rings is 1. The zero-order valence-electron chi connectivity index (χ0n) is 9.25. The van der Waals surface area contributed by atoms with Gasteiger partial charge in [0.25, 0.3) is 0 Å². The molecule has 0 saturated heterocycles. The first-order chi connectivity index (χ1) is 8.36. The topological polar surface area (TPSA) is 46.8 Å². The summed E-state index contributed by atoms with van der Waals surface area (Å²) in [4.78, 5) is 6.46. The molecule has 0 amide bonds. The van der Waals surface area contributed by atoms with E-state index < -0.39 is 0 Å². The maximum Gasteiger partial charge on any atom is 0.152 e. The van der Waals surface area contributed by atoms with E-state index in [9.17, 15) is 0 Å². The van der Waals surface area contributed by atoms with Gasteiger partial charge < -0.3 is 9.47 Å². The Morgan fingerprint density at radius 3 is 3.18 bits per heavy atom. The third-order valence-electron chi connectivity index (χ3n) is 2.94. The molecule has 3 rings (SSSR count). The molecule has 5 nitrogen and oxygen atoms in total. The predicted molar refractivity (Wildman–Crippen MR) is 64.9 cm³/mol. The Morgan fingerprint density at radius 2 is 2.29 bits per heavy atom. The van der Waals surface area contributed by atoms with Crippen LogP contribution in [0.5, 0.6) is 0 Å². The van der Waals surface area contributed by atoms with Gasteiger partial charge in [-0.25, -0.2) is 0 Å². The Morgan fingerprint density at radius 1 is 1.35 bits per heavy atom. The third-order valence-corrected chi connectivity index (χ3v) is 3.21. The van der Waals surface area contributed by atoms with Crippen molar-refractivity contribution in [2.75, 3.05) is 11.4 Å². The maximum atomic E-state index is 5.79. The highest BCUT2D eigenvalue weighted by atomic mass is 35.5. The maximum absolute atomic E-state index is 5.79. The largest absolute Gasteiger partial charge is 0.362 e. The molecule has 0 unspecified atom stereocenters. The van der Waals surface area contributed by atoms with Gasteiger partial charge in [0.05, 0.1) is 18.1 Å². The van der Waals surface area contributed by atoms with E-state index in [2.05, 4.69) is 24.6 Å². The van der Waals surface area contributed by atoms with Gasteiger partial charge in [-0.15, -0.1) is 21.8 Å². The van der Waals surface area contributed by atoms with Crippen molar-refractivity contribution in [2.45, 2.75) is 19.0 Å². The molecule has 0 N–H and O–H groups in total. The Hall–Kier alpha value is -1.62. The van der Waals surface area contributed by atoms with Crippen LogP contribution in [0.25, 0.3) is 0 Å². The van der Waals surface area contributed by atoms with Crippen LogP contribution in [0.2, 0.25) is 0 Å². The molecule has 0 fully saturated rings. The highest BCUT2D eigenvalue weighted by Crippen LogP contribution is 2.20. The molecule has 17 heavy (non-hydrogen) atoms. The second-order valence-electron chi connectivity index (χ2n) is 4.00. The van der Waals surface area contributed by atoms with Crippen LogP contribution in [0.1, 0.15) is 11.5 Å². The number of hydrogen-bond donors (Lipinski definition) is 0. The van der Waals surface area contributed by atoms with Crippen molar-refractivity contribution in [1.29, 1.82) is 0 Å². The van der Waals surface area contributed by atoms with E-state index >= 15 is 0 Å². The minimum Gasteiger partial charge on any atom is -0.362 e. The molecule has 0 bridgehead atoms. The number of hydrogen-bond acceptors (Lipinski definition) is 4. The Labute approximate surface area is 104 Å². The number of aromatic nitrogens is 4. The van der Waals surface area contributed by atoms with E-state index in [1.54, 1.807) is 12.5 Å². The van der Waals surface area contributed by atoms with Crippen LogP contribution in [0.3, 0.4) is 0 Å². The number of anilines is 1. The molecule has 6 heteroatoms. The zero-order chi connectivity index (χ0) is 11.7. The van der Waals surface area contributed by atoms with Crippen LogP contribution >= 0.6 is 11.6 Å². The highest BCUT2D eigenvalue weighted by Gasteiger charge is 2.17. The highest BCUT2D eigenvalue weighted by molar-refractivity contribution is 6.16. The molecular weight excluding hydrogens is 238 g/mol. The van der Waals surface area contributed by atoms with Gasteiger partial charge in [-0.1, -0.05) is 0 Å². The molecule has 1 aliphatic rings. The summed E-state index contributed by atoms with van der Waals surface area (Å²) in [5.74, 6) is 1.44. The van der Waals surface area contributed by atoms with Gasteiger partial charge in [0.1, 0.15) is 6.33 Å². The quantitative estimate of drug-likeness (QED) is 0.756. The van der Waals surface area contributed by atoms with E-state index in [4.69, 9.17) is 11.6 Å². The Bertz CT molecular complexity index is 524. The van der Waals surface area contributed by atoms with Crippen molar-refractivity contribution < 1.29 is 0 Å². The molecule has 3 heterocycles. The van der Waals surface area contributed by atoms with Crippen LogP contribution in [-0.2, 0) is 19.0 Å². The molecule has 0 spiro atoms. The molecule has 2 aromatic rings. The molecule has 2 aromatic heterocycles. The van der Waals surface area contributed by atoms with Crippen molar-refractivity contribution >= 4 is 17.3 Å². The standard InChI is InChI=1S/C11H12ClN5/c12-6-9-5-10(1-2-13-9)16-3-4-17-8-14-15-11(17)7-16/h1-2,5,8H,3-4,6-7H2. The fraction of sp³-hybridized carbons (Fsp3) is 0.364. The number of alkyl halides is 1. The molecule has 0 saturated carbocycles. The van der Waals surface area contributed by atoms with Gasteiger partial charge in [-0.3, -0.25) is 4.98 Å². The van der Waals surface area contributed by atoms with Gasteiger partial charge in [0.2, 0.25) is 0 Å². The third kappa shape index (κ3) is 1.98. The minimum absolute atomic E-state index is 0.442. The summed E-state index contributed by atoms with van der Waals surface area (Å²) in [6.07, 6.45) is 3.58. The number of fused-ring (bicyclic) bond motifs is 1. The lowest BCUT2D eigenvalue weighted by atomic mass is 10.2. The van der Waals surface area contributed by atoms with Gasteiger partial charge in [-0.05, 0) is 12.1 Å². The van der Waals surface area contributed by atoms with Gasteiger partial charge in [0, 0.05) is 25.0 Å². The Balaban J connectivity index is 1.86. The zero-order valence-corrected chi connectivity index (χ0v) is 10.0. The molecule has 88 valence electrons. The number of nitrogens with zero attached hydrogens (tertiary/aromatic N) is 5. The summed E-state index contributed by atoms with van der Waals surface area (Å²) in [6, 6.07) is 4.03. The first kappa shape index (κ1) is 10.5. The second-order valence-corrected chi connectivity index (χ2v) is 4.27. The fourth-order valence-electron chi connectivity index (χ4n) is 2.02. The molecular formula is C11H12ClN5. The lowest BCUT2D eigenvalue weighted by Crippen LogP contribution is -2.33. The summed E-state index contributed by atoms with van der Waals surface area (Å²) < 4.78 is 2.08. The average Bonchev–Trinajstić information content (AvgIpc) is 2.86. The van der Waals surface area contributed by atoms with Gasteiger partial charge in [0.15, 0.2) is 5.82 Å². The van der Waals surface area contributed by atoms with Crippen molar-refractivity contribution in [3.63, 3.8) is 0 Å². The average molecular weight is 250 g/mol. The van der Waals surface area contributed by atoms with E-state index in [-0.39, 0.29) is 0 Å². The normalized spacial score (nSPS) is 14.8. The lowest BCUT2D eigenvalue weighted by molar-refractivity contribution is 0.560. The summed E-state index contributed by atoms with van der Waals surface area (Å²) in [5, 5.41) is 8.02. The van der Waals surface area contributed by atoms with Crippen LogP contribution in [0.4, 0.5) is 5.69 Å². The first-order valence-corrected chi connectivity index (χ1v) is 6.03. The van der Waals surface area contributed by atoms with E-state index in [0.717, 1.165) is 36.8 Å². The summed E-state index contributed by atoms with van der Waals surface area (Å²) in [6.45, 7) is 2.66. The summed E-state index contributed by atoms with van der Waals surface area (Å²) in [7, 11) is 0. The van der Waals surface area contributed by atoms with Crippen molar-refractivity contribution in [1.82, 2.24) is 19.7 Å². The fourth-order valence-corrected chi connectivity index (χ4v) is 2.17. The second kappa shape index (κ2) is 4.33.